The minimum absolute atomic E-state index is 0.358. The van der Waals surface area contributed by atoms with E-state index in [4.69, 9.17) is 7.85 Å². The summed E-state index contributed by atoms with van der Waals surface area (Å²) in [6, 6.07) is 19.1. The molecule has 5 heteroatoms. The van der Waals surface area contributed by atoms with Gasteiger partial charge in [-0.15, -0.1) is 0 Å². The van der Waals surface area contributed by atoms with Crippen molar-refractivity contribution in [1.29, 1.82) is 0 Å². The molecule has 4 nitrogen and oxygen atoms in total. The lowest BCUT2D eigenvalue weighted by atomic mass is 9.92. The van der Waals surface area contributed by atoms with Crippen LogP contribution in [0.5, 0.6) is 0 Å². The average Bonchev–Trinajstić information content (AvgIpc) is 2.73. The van der Waals surface area contributed by atoms with Gasteiger partial charge in [0, 0.05) is 25.8 Å². The van der Waals surface area contributed by atoms with Crippen LogP contribution in [0.1, 0.15) is 47.0 Å². The van der Waals surface area contributed by atoms with Gasteiger partial charge in [-0.05, 0) is 53.7 Å². The molecule has 0 spiro atoms. The number of hydrogen-bond donors (Lipinski definition) is 2. The molecule has 1 atom stereocenters. The van der Waals surface area contributed by atoms with Crippen molar-refractivity contribution in [1.82, 2.24) is 20.6 Å². The second-order valence-electron chi connectivity index (χ2n) is 7.35. The molecule has 0 amide bonds. The van der Waals surface area contributed by atoms with E-state index >= 15 is 0 Å². The molecule has 3 aromatic rings. The molecule has 140 valence electrons. The fourth-order valence-corrected chi connectivity index (χ4v) is 3.76. The van der Waals surface area contributed by atoms with Crippen LogP contribution >= 0.6 is 0 Å². The highest BCUT2D eigenvalue weighted by molar-refractivity contribution is 6.30. The van der Waals surface area contributed by atoms with Crippen LogP contribution in [0, 0.1) is 0 Å². The highest BCUT2D eigenvalue weighted by Gasteiger charge is 2.20. The van der Waals surface area contributed by atoms with Crippen molar-refractivity contribution in [2.75, 3.05) is 0 Å². The molecule has 2 aromatic heterocycles. The zero-order valence-electron chi connectivity index (χ0n) is 16.1. The van der Waals surface area contributed by atoms with Gasteiger partial charge in [0.2, 0.25) is 0 Å². The molecule has 4 rings (SSSR count). The third kappa shape index (κ3) is 4.86. The Balaban J connectivity index is 1.27. The number of pyridine rings is 2. The Kier molecular flexibility index (Phi) is 6.15. The standard InChI is InChI=1S/C23H25BN4/c24-22-8-2-6-20(28-22)16-25-14-17-9-11-18(12-10-17)15-27-21-7-1-4-19-5-3-13-26-23(19)21/h2-3,5-6,8-13,21,25,27H,1,4,7,14-16H2. The molecular formula is C23H25BN4. The van der Waals surface area contributed by atoms with Crippen molar-refractivity contribution < 1.29 is 0 Å². The van der Waals surface area contributed by atoms with E-state index < -0.39 is 0 Å². The molecule has 1 unspecified atom stereocenters. The summed E-state index contributed by atoms with van der Waals surface area (Å²) in [6.45, 7) is 2.38. The SMILES string of the molecule is [B]c1cccc(CNCc2ccc(CNC3CCCc4cccnc43)cc2)n1. The lowest BCUT2D eigenvalue weighted by Gasteiger charge is -2.25. The van der Waals surface area contributed by atoms with Crippen molar-refractivity contribution in [3.63, 3.8) is 0 Å². The molecule has 0 bridgehead atoms. The Morgan fingerprint density at radius 2 is 1.75 bits per heavy atom. The van der Waals surface area contributed by atoms with Gasteiger partial charge in [-0.1, -0.05) is 42.5 Å². The summed E-state index contributed by atoms with van der Waals surface area (Å²) in [6.07, 6.45) is 5.43. The first-order valence-electron chi connectivity index (χ1n) is 9.95. The van der Waals surface area contributed by atoms with Crippen LogP contribution < -0.4 is 16.2 Å². The number of nitrogens with one attached hydrogen (secondary N) is 2. The van der Waals surface area contributed by atoms with Crippen LogP contribution in [0.2, 0.25) is 0 Å². The summed E-state index contributed by atoms with van der Waals surface area (Å²) >= 11 is 0. The Morgan fingerprint density at radius 3 is 2.57 bits per heavy atom. The van der Waals surface area contributed by atoms with Gasteiger partial charge in [-0.2, -0.15) is 0 Å². The lowest BCUT2D eigenvalue weighted by molar-refractivity contribution is 0.447. The molecule has 1 aliphatic carbocycles. The molecule has 2 radical (unpaired) electrons. The van der Waals surface area contributed by atoms with Crippen LogP contribution in [0.15, 0.2) is 60.8 Å². The maximum absolute atomic E-state index is 5.72. The van der Waals surface area contributed by atoms with E-state index in [1.54, 1.807) is 6.07 Å². The first-order valence-corrected chi connectivity index (χ1v) is 9.95. The molecule has 2 heterocycles. The fourth-order valence-electron chi connectivity index (χ4n) is 3.76. The second kappa shape index (κ2) is 9.13. The number of benzene rings is 1. The highest BCUT2D eigenvalue weighted by Crippen LogP contribution is 2.27. The van der Waals surface area contributed by atoms with E-state index in [9.17, 15) is 0 Å². The maximum atomic E-state index is 5.72. The van der Waals surface area contributed by atoms with E-state index in [2.05, 4.69) is 50.9 Å². The molecule has 0 saturated heterocycles. The van der Waals surface area contributed by atoms with E-state index in [-0.39, 0.29) is 0 Å². The molecule has 28 heavy (non-hydrogen) atoms. The largest absolute Gasteiger partial charge is 0.307 e. The van der Waals surface area contributed by atoms with E-state index in [0.717, 1.165) is 31.6 Å². The molecule has 0 fully saturated rings. The quantitative estimate of drug-likeness (QED) is 0.630. The van der Waals surface area contributed by atoms with Gasteiger partial charge in [0.25, 0.3) is 0 Å². The van der Waals surface area contributed by atoms with Gasteiger partial charge < -0.3 is 10.6 Å². The average molecular weight is 368 g/mol. The number of nitrogens with zero attached hydrogens (tertiary/aromatic N) is 2. The van der Waals surface area contributed by atoms with Crippen molar-refractivity contribution in [3.8, 4) is 0 Å². The Bertz CT molecular complexity index is 910. The summed E-state index contributed by atoms with van der Waals surface area (Å²) < 4.78 is 0. The summed E-state index contributed by atoms with van der Waals surface area (Å²) in [5.41, 5.74) is 6.70. The second-order valence-corrected chi connectivity index (χ2v) is 7.35. The first kappa shape index (κ1) is 18.8. The van der Waals surface area contributed by atoms with Crippen LogP contribution in [0.3, 0.4) is 0 Å². The third-order valence-corrected chi connectivity index (χ3v) is 5.23. The number of aryl methyl sites for hydroxylation is 1. The first-order chi connectivity index (χ1) is 13.8. The van der Waals surface area contributed by atoms with E-state index in [0.29, 0.717) is 18.2 Å². The van der Waals surface area contributed by atoms with Crippen molar-refractivity contribution in [3.05, 3.63) is 88.9 Å². The van der Waals surface area contributed by atoms with Crippen molar-refractivity contribution in [2.24, 2.45) is 0 Å². The topological polar surface area (TPSA) is 49.8 Å². The van der Waals surface area contributed by atoms with Gasteiger partial charge >= 0.3 is 0 Å². The van der Waals surface area contributed by atoms with Crippen LogP contribution in [-0.2, 0) is 26.1 Å². The summed E-state index contributed by atoms with van der Waals surface area (Å²) in [7, 11) is 5.72. The van der Waals surface area contributed by atoms with Gasteiger partial charge in [0.05, 0.1) is 17.4 Å². The van der Waals surface area contributed by atoms with Crippen LogP contribution in [0.4, 0.5) is 0 Å². The zero-order valence-corrected chi connectivity index (χ0v) is 16.1. The smallest absolute Gasteiger partial charge is 0.141 e. The van der Waals surface area contributed by atoms with Crippen molar-refractivity contribution in [2.45, 2.75) is 44.9 Å². The molecular weight excluding hydrogens is 343 g/mol. The number of rotatable bonds is 7. The zero-order chi connectivity index (χ0) is 19.2. The normalized spacial score (nSPS) is 15.9. The molecule has 1 aromatic carbocycles. The molecule has 0 aliphatic heterocycles. The number of hydrogen-bond acceptors (Lipinski definition) is 4. The van der Waals surface area contributed by atoms with Gasteiger partial charge in [-0.25, -0.2) is 0 Å². The Hall–Kier alpha value is -2.50. The van der Waals surface area contributed by atoms with Crippen molar-refractivity contribution >= 4 is 13.4 Å². The molecule has 2 N–H and O–H groups in total. The third-order valence-electron chi connectivity index (χ3n) is 5.23. The molecule has 1 aliphatic rings. The van der Waals surface area contributed by atoms with Gasteiger partial charge in [0.15, 0.2) is 0 Å². The summed E-state index contributed by atoms with van der Waals surface area (Å²) in [5, 5.41) is 7.10. The van der Waals surface area contributed by atoms with Crippen LogP contribution in [0.25, 0.3) is 0 Å². The highest BCUT2D eigenvalue weighted by atomic mass is 14.9. The summed E-state index contributed by atoms with van der Waals surface area (Å²) in [5.74, 6) is 0. The predicted octanol–water partition coefficient (Wildman–Crippen LogP) is 2.73. The monoisotopic (exact) mass is 368 g/mol. The van der Waals surface area contributed by atoms with Gasteiger partial charge in [-0.3, -0.25) is 9.97 Å². The Labute approximate surface area is 168 Å². The molecule has 0 saturated carbocycles. The fraction of sp³-hybridized carbons (Fsp3) is 0.304. The number of aromatic nitrogens is 2. The number of fused-ring (bicyclic) bond motifs is 1. The lowest BCUT2D eigenvalue weighted by Crippen LogP contribution is -2.25. The van der Waals surface area contributed by atoms with E-state index in [1.165, 1.54) is 28.8 Å². The van der Waals surface area contributed by atoms with Gasteiger partial charge in [0.1, 0.15) is 7.85 Å². The Morgan fingerprint density at radius 1 is 0.929 bits per heavy atom. The minimum Gasteiger partial charge on any atom is -0.307 e. The maximum Gasteiger partial charge on any atom is 0.141 e. The minimum atomic E-state index is 0.358. The predicted molar refractivity (Wildman–Crippen MR) is 113 cm³/mol. The van der Waals surface area contributed by atoms with Crippen LogP contribution in [-0.4, -0.2) is 17.8 Å². The summed E-state index contributed by atoms with van der Waals surface area (Å²) in [4.78, 5) is 8.91. The van der Waals surface area contributed by atoms with E-state index in [1.807, 2.05) is 24.4 Å².